The molecule has 0 saturated carbocycles. The van der Waals surface area contributed by atoms with Crippen LogP contribution in [0.2, 0.25) is 0 Å². The fraction of sp³-hybridized carbons (Fsp3) is 0.526. The lowest BCUT2D eigenvalue weighted by Crippen LogP contribution is -2.50. The molecular formula is C19H27N3O3S. The zero-order chi connectivity index (χ0) is 18.7. The van der Waals surface area contributed by atoms with E-state index in [4.69, 9.17) is 4.42 Å². The number of piperazine rings is 1. The number of likely N-dealkylation sites (N-methyl/N-ethyl adjacent to an activating group) is 1. The Labute approximate surface area is 155 Å². The van der Waals surface area contributed by atoms with E-state index in [1.165, 1.54) is 6.08 Å². The van der Waals surface area contributed by atoms with Crippen LogP contribution in [0.3, 0.4) is 0 Å². The fourth-order valence-electron chi connectivity index (χ4n) is 3.25. The summed E-state index contributed by atoms with van der Waals surface area (Å²) in [6, 6.07) is 4.95. The number of benzene rings is 1. The quantitative estimate of drug-likeness (QED) is 0.691. The topological polar surface area (TPSA) is 66.7 Å². The van der Waals surface area contributed by atoms with Crippen molar-refractivity contribution in [1.29, 1.82) is 0 Å². The summed E-state index contributed by atoms with van der Waals surface area (Å²) in [7, 11) is -1.52. The summed E-state index contributed by atoms with van der Waals surface area (Å²) in [4.78, 5) is 8.86. The van der Waals surface area contributed by atoms with Crippen LogP contribution in [0.15, 0.2) is 40.2 Å². The summed E-state index contributed by atoms with van der Waals surface area (Å²) in [5.41, 5.74) is 1.23. The van der Waals surface area contributed by atoms with Crippen molar-refractivity contribution in [2.75, 3.05) is 33.2 Å². The molecule has 1 aromatic carbocycles. The molecule has 1 aliphatic rings. The van der Waals surface area contributed by atoms with Crippen molar-refractivity contribution in [2.24, 2.45) is 0 Å². The summed E-state index contributed by atoms with van der Waals surface area (Å²) < 4.78 is 32.1. The van der Waals surface area contributed by atoms with Gasteiger partial charge in [0.05, 0.1) is 4.90 Å². The number of fused-ring (bicyclic) bond motifs is 1. The molecule has 0 N–H and O–H groups in total. The van der Waals surface area contributed by atoms with Crippen LogP contribution in [0.1, 0.15) is 25.7 Å². The summed E-state index contributed by atoms with van der Waals surface area (Å²) in [6.07, 6.45) is 4.35. The minimum Gasteiger partial charge on any atom is -0.441 e. The summed E-state index contributed by atoms with van der Waals surface area (Å²) in [5.74, 6) is 0.663. The van der Waals surface area contributed by atoms with Crippen molar-refractivity contribution in [3.63, 3.8) is 0 Å². The number of unbranched alkanes of at least 4 members (excludes halogenated alkanes) is 1. The van der Waals surface area contributed by atoms with Gasteiger partial charge in [-0.05, 0) is 25.6 Å². The average molecular weight is 378 g/mol. The van der Waals surface area contributed by atoms with Gasteiger partial charge >= 0.3 is 0 Å². The van der Waals surface area contributed by atoms with Crippen LogP contribution in [-0.4, -0.2) is 61.8 Å². The SMILES string of the molecule is C=CC(N1CCN(C)CC1)S(=O)(=O)c1ccc2nc(CCCC)oc2c1. The smallest absolute Gasteiger partial charge is 0.198 e. The third-order valence-corrected chi connectivity index (χ3v) is 6.93. The number of rotatable bonds is 7. The van der Waals surface area contributed by atoms with Gasteiger partial charge in [-0.1, -0.05) is 19.4 Å². The van der Waals surface area contributed by atoms with Gasteiger partial charge in [-0.15, -0.1) is 6.58 Å². The fourth-order valence-corrected chi connectivity index (χ4v) is 4.92. The van der Waals surface area contributed by atoms with Gasteiger partial charge in [0.15, 0.2) is 21.3 Å². The Morgan fingerprint density at radius 2 is 2.04 bits per heavy atom. The highest BCUT2D eigenvalue weighted by molar-refractivity contribution is 7.92. The third-order valence-electron chi connectivity index (χ3n) is 4.89. The molecule has 0 bridgehead atoms. The molecule has 1 aliphatic heterocycles. The van der Waals surface area contributed by atoms with Gasteiger partial charge in [0, 0.05) is 38.7 Å². The van der Waals surface area contributed by atoms with E-state index in [0.717, 1.165) is 32.4 Å². The first-order chi connectivity index (χ1) is 12.5. The van der Waals surface area contributed by atoms with Gasteiger partial charge in [0.25, 0.3) is 0 Å². The van der Waals surface area contributed by atoms with Gasteiger partial charge in [0.1, 0.15) is 10.9 Å². The van der Waals surface area contributed by atoms with Crippen LogP contribution in [0.5, 0.6) is 0 Å². The molecular weight excluding hydrogens is 350 g/mol. The second-order valence-electron chi connectivity index (χ2n) is 6.85. The number of hydrogen-bond donors (Lipinski definition) is 0. The number of oxazole rings is 1. The highest BCUT2D eigenvalue weighted by Gasteiger charge is 2.32. The molecule has 142 valence electrons. The predicted molar refractivity (Wildman–Crippen MR) is 103 cm³/mol. The van der Waals surface area contributed by atoms with Gasteiger partial charge < -0.3 is 9.32 Å². The molecule has 7 heteroatoms. The van der Waals surface area contributed by atoms with Crippen molar-refractivity contribution in [1.82, 2.24) is 14.8 Å². The maximum atomic E-state index is 13.2. The number of aromatic nitrogens is 1. The molecule has 6 nitrogen and oxygen atoms in total. The van der Waals surface area contributed by atoms with Gasteiger partial charge in [-0.3, -0.25) is 4.90 Å². The van der Waals surface area contributed by atoms with E-state index in [2.05, 4.69) is 23.4 Å². The van der Waals surface area contributed by atoms with Crippen molar-refractivity contribution in [3.8, 4) is 0 Å². The number of aryl methyl sites for hydroxylation is 1. The first-order valence-electron chi connectivity index (χ1n) is 9.14. The molecule has 2 aromatic rings. The third kappa shape index (κ3) is 3.84. The minimum atomic E-state index is -3.57. The minimum absolute atomic E-state index is 0.256. The molecule has 1 unspecified atom stereocenters. The van der Waals surface area contributed by atoms with E-state index in [9.17, 15) is 8.42 Å². The standard InChI is InChI=1S/C19H27N3O3S/c1-4-6-7-18-20-16-9-8-15(14-17(16)25-18)26(23,24)19(5-2)22-12-10-21(3)11-13-22/h5,8-9,14,19H,2,4,6-7,10-13H2,1,3H3. The van der Waals surface area contributed by atoms with E-state index >= 15 is 0 Å². The van der Waals surface area contributed by atoms with Crippen LogP contribution in [0.4, 0.5) is 0 Å². The second-order valence-corrected chi connectivity index (χ2v) is 8.90. The Morgan fingerprint density at radius 1 is 1.31 bits per heavy atom. The lowest BCUT2D eigenvalue weighted by atomic mass is 10.2. The zero-order valence-corrected chi connectivity index (χ0v) is 16.3. The van der Waals surface area contributed by atoms with E-state index < -0.39 is 15.2 Å². The van der Waals surface area contributed by atoms with E-state index in [1.807, 2.05) is 11.9 Å². The number of nitrogens with zero attached hydrogens (tertiary/aromatic N) is 3. The van der Waals surface area contributed by atoms with Crippen molar-refractivity contribution in [3.05, 3.63) is 36.7 Å². The molecule has 1 atom stereocenters. The highest BCUT2D eigenvalue weighted by atomic mass is 32.2. The Morgan fingerprint density at radius 3 is 2.69 bits per heavy atom. The van der Waals surface area contributed by atoms with Crippen LogP contribution in [0.25, 0.3) is 11.1 Å². The molecule has 1 fully saturated rings. The van der Waals surface area contributed by atoms with E-state index in [0.29, 0.717) is 30.1 Å². The molecule has 0 amide bonds. The van der Waals surface area contributed by atoms with E-state index in [1.54, 1.807) is 18.2 Å². The Bertz CT molecular complexity index is 867. The lowest BCUT2D eigenvalue weighted by Gasteiger charge is -2.36. The Hall–Kier alpha value is -1.70. The molecule has 0 spiro atoms. The van der Waals surface area contributed by atoms with Gasteiger partial charge in [-0.25, -0.2) is 13.4 Å². The summed E-state index contributed by atoms with van der Waals surface area (Å²) in [6.45, 7) is 9.00. The molecule has 1 aromatic heterocycles. The van der Waals surface area contributed by atoms with Gasteiger partial charge in [0.2, 0.25) is 0 Å². The molecule has 0 aliphatic carbocycles. The lowest BCUT2D eigenvalue weighted by molar-refractivity contribution is 0.154. The Kier molecular flexibility index (Phi) is 5.79. The second kappa shape index (κ2) is 7.90. The van der Waals surface area contributed by atoms with Crippen LogP contribution in [-0.2, 0) is 16.3 Å². The van der Waals surface area contributed by atoms with Crippen molar-refractivity contribution < 1.29 is 12.8 Å². The van der Waals surface area contributed by atoms with Crippen LogP contribution in [0, 0.1) is 0 Å². The largest absolute Gasteiger partial charge is 0.441 e. The summed E-state index contributed by atoms with van der Waals surface area (Å²) >= 11 is 0. The average Bonchev–Trinajstić information content (AvgIpc) is 3.04. The first kappa shape index (κ1) is 19.1. The maximum Gasteiger partial charge on any atom is 0.198 e. The van der Waals surface area contributed by atoms with Crippen LogP contribution < -0.4 is 0 Å². The molecule has 2 heterocycles. The molecule has 26 heavy (non-hydrogen) atoms. The highest BCUT2D eigenvalue weighted by Crippen LogP contribution is 2.25. The van der Waals surface area contributed by atoms with E-state index in [-0.39, 0.29) is 4.90 Å². The summed E-state index contributed by atoms with van der Waals surface area (Å²) in [5, 5.41) is -0.726. The maximum absolute atomic E-state index is 13.2. The molecule has 1 saturated heterocycles. The predicted octanol–water partition coefficient (Wildman–Crippen LogP) is 2.70. The Balaban J connectivity index is 1.88. The normalized spacial score (nSPS) is 18.2. The zero-order valence-electron chi connectivity index (χ0n) is 15.5. The van der Waals surface area contributed by atoms with Crippen molar-refractivity contribution in [2.45, 2.75) is 36.5 Å². The monoisotopic (exact) mass is 377 g/mol. The van der Waals surface area contributed by atoms with Crippen LogP contribution >= 0.6 is 0 Å². The number of hydrogen-bond acceptors (Lipinski definition) is 6. The molecule has 0 radical (unpaired) electrons. The number of sulfone groups is 1. The first-order valence-corrected chi connectivity index (χ1v) is 10.7. The molecule has 3 rings (SSSR count). The van der Waals surface area contributed by atoms with Gasteiger partial charge in [-0.2, -0.15) is 0 Å². The van der Waals surface area contributed by atoms with Crippen molar-refractivity contribution >= 4 is 20.9 Å².